The summed E-state index contributed by atoms with van der Waals surface area (Å²) in [7, 11) is 1.61. The minimum Gasteiger partial charge on any atom is -0.481 e. The predicted molar refractivity (Wildman–Crippen MR) is 127 cm³/mol. The normalized spacial score (nSPS) is 11.4. The Morgan fingerprint density at radius 1 is 1.06 bits per heavy atom. The molecule has 33 heavy (non-hydrogen) atoms. The van der Waals surface area contributed by atoms with Crippen LogP contribution in [0.4, 0.5) is 0 Å². The number of rotatable bonds is 6. The molecule has 0 radical (unpaired) electrons. The Hall–Kier alpha value is -4.20. The number of hydrogen-bond donors (Lipinski definition) is 1. The molecule has 5 rings (SSSR count). The van der Waals surface area contributed by atoms with Gasteiger partial charge in [0.1, 0.15) is 5.52 Å². The van der Waals surface area contributed by atoms with Gasteiger partial charge in [0.2, 0.25) is 5.88 Å². The van der Waals surface area contributed by atoms with E-state index >= 15 is 0 Å². The third-order valence-electron chi connectivity index (χ3n) is 5.67. The van der Waals surface area contributed by atoms with Gasteiger partial charge in [-0.1, -0.05) is 50.2 Å². The number of fused-ring (bicyclic) bond motifs is 1. The average molecular weight is 441 g/mol. The van der Waals surface area contributed by atoms with Crippen LogP contribution in [0, 0.1) is 0 Å². The summed E-state index contributed by atoms with van der Waals surface area (Å²) in [6.45, 7) is 4.68. The first-order valence-electron chi connectivity index (χ1n) is 10.8. The van der Waals surface area contributed by atoms with Gasteiger partial charge in [0.05, 0.1) is 31.7 Å². The fraction of sp³-hybridized carbons (Fsp3) is 0.200. The first-order valence-corrected chi connectivity index (χ1v) is 10.8. The van der Waals surface area contributed by atoms with Crippen LogP contribution >= 0.6 is 0 Å². The summed E-state index contributed by atoms with van der Waals surface area (Å²) in [5, 5.41) is 4.29. The van der Waals surface area contributed by atoms with Crippen molar-refractivity contribution >= 4 is 11.2 Å². The predicted octanol–water partition coefficient (Wildman–Crippen LogP) is 4.15. The lowest BCUT2D eigenvalue weighted by Crippen LogP contribution is -2.17. The van der Waals surface area contributed by atoms with Gasteiger partial charge >= 0.3 is 5.69 Å². The molecule has 0 aliphatic carbocycles. The number of aromatic nitrogens is 6. The molecule has 3 aromatic heterocycles. The smallest absolute Gasteiger partial charge is 0.328 e. The van der Waals surface area contributed by atoms with E-state index in [1.165, 1.54) is 5.56 Å². The molecular weight excluding hydrogens is 416 g/mol. The van der Waals surface area contributed by atoms with E-state index in [4.69, 9.17) is 9.72 Å². The quantitative estimate of drug-likeness (QED) is 0.428. The molecule has 0 amide bonds. The Morgan fingerprint density at radius 3 is 2.61 bits per heavy atom. The number of aromatic amines is 1. The van der Waals surface area contributed by atoms with Crippen molar-refractivity contribution in [1.82, 2.24) is 29.3 Å². The molecule has 0 spiro atoms. The monoisotopic (exact) mass is 440 g/mol. The molecule has 166 valence electrons. The number of benzene rings is 2. The van der Waals surface area contributed by atoms with Gasteiger partial charge in [0.25, 0.3) is 0 Å². The summed E-state index contributed by atoms with van der Waals surface area (Å²) in [4.78, 5) is 24.9. The van der Waals surface area contributed by atoms with E-state index in [0.29, 0.717) is 35.3 Å². The number of methoxy groups -OCH3 is 1. The summed E-state index contributed by atoms with van der Waals surface area (Å²) in [6, 6.07) is 17.8. The van der Waals surface area contributed by atoms with Gasteiger partial charge in [-0.25, -0.2) is 19.4 Å². The topological polar surface area (TPSA) is 90.6 Å². The minimum atomic E-state index is -0.216. The van der Waals surface area contributed by atoms with Crippen molar-refractivity contribution in [3.05, 3.63) is 88.6 Å². The molecule has 0 fully saturated rings. The molecule has 0 aliphatic rings. The molecule has 8 nitrogen and oxygen atoms in total. The fourth-order valence-corrected chi connectivity index (χ4v) is 3.99. The maximum absolute atomic E-state index is 12.7. The first-order chi connectivity index (χ1) is 16.0. The highest BCUT2D eigenvalue weighted by Gasteiger charge is 2.15. The van der Waals surface area contributed by atoms with Crippen LogP contribution in [0.5, 0.6) is 5.88 Å². The van der Waals surface area contributed by atoms with Crippen LogP contribution < -0.4 is 10.4 Å². The molecule has 0 bridgehead atoms. The second kappa shape index (κ2) is 8.38. The fourth-order valence-electron chi connectivity index (χ4n) is 3.99. The summed E-state index contributed by atoms with van der Waals surface area (Å²) in [5.74, 6) is 1.60. The zero-order valence-corrected chi connectivity index (χ0v) is 18.7. The van der Waals surface area contributed by atoms with Crippen molar-refractivity contribution in [2.24, 2.45) is 0 Å². The molecule has 0 atom stereocenters. The number of nitrogens with zero attached hydrogens (tertiary/aromatic N) is 5. The molecule has 0 unspecified atom stereocenters. The van der Waals surface area contributed by atoms with E-state index in [0.717, 1.165) is 16.8 Å². The third kappa shape index (κ3) is 3.80. The third-order valence-corrected chi connectivity index (χ3v) is 5.67. The number of nitrogens with one attached hydrogen (secondary N) is 1. The van der Waals surface area contributed by atoms with Gasteiger partial charge in [0.15, 0.2) is 11.5 Å². The number of hydrogen-bond acceptors (Lipinski definition) is 5. The molecule has 2 aromatic carbocycles. The molecule has 0 saturated heterocycles. The van der Waals surface area contributed by atoms with Crippen molar-refractivity contribution in [2.75, 3.05) is 7.11 Å². The zero-order valence-electron chi connectivity index (χ0n) is 18.7. The van der Waals surface area contributed by atoms with E-state index in [2.05, 4.69) is 35.0 Å². The van der Waals surface area contributed by atoms with Crippen LogP contribution in [-0.2, 0) is 6.54 Å². The number of imidazole rings is 1. The van der Waals surface area contributed by atoms with Crippen molar-refractivity contribution in [2.45, 2.75) is 26.3 Å². The Balaban J connectivity index is 1.51. The Bertz CT molecular complexity index is 1480. The zero-order chi connectivity index (χ0) is 22.9. The van der Waals surface area contributed by atoms with Crippen molar-refractivity contribution in [3.63, 3.8) is 0 Å². The molecule has 1 N–H and O–H groups in total. The van der Waals surface area contributed by atoms with E-state index in [1.54, 1.807) is 34.8 Å². The van der Waals surface area contributed by atoms with Crippen LogP contribution in [0.3, 0.4) is 0 Å². The second-order valence-electron chi connectivity index (χ2n) is 8.14. The van der Waals surface area contributed by atoms with Gasteiger partial charge in [-0.05, 0) is 29.2 Å². The van der Waals surface area contributed by atoms with E-state index in [-0.39, 0.29) is 5.69 Å². The minimum absolute atomic E-state index is 0.216. The highest BCUT2D eigenvalue weighted by atomic mass is 16.5. The molecule has 5 aromatic rings. The van der Waals surface area contributed by atoms with Crippen LogP contribution in [0.2, 0.25) is 0 Å². The van der Waals surface area contributed by atoms with Gasteiger partial charge < -0.3 is 9.72 Å². The maximum Gasteiger partial charge on any atom is 0.328 e. The Morgan fingerprint density at radius 2 is 1.85 bits per heavy atom. The summed E-state index contributed by atoms with van der Waals surface area (Å²) in [6.07, 6.45) is 3.37. The standard InChI is InChI=1S/C25H24N6O2/c1-16(2)19-6-4-5-7-20(19)23-26-14-21-24(29-23)30(25(32)28-21)15-17-8-10-18(11-9-17)31-22(33-3)12-13-27-31/h4-14,16H,15H2,1-3H3,(H,28,32). The Labute approximate surface area is 190 Å². The van der Waals surface area contributed by atoms with Crippen LogP contribution in [-0.4, -0.2) is 36.4 Å². The molecular formula is C25H24N6O2. The lowest BCUT2D eigenvalue weighted by molar-refractivity contribution is 0.383. The summed E-state index contributed by atoms with van der Waals surface area (Å²) >= 11 is 0. The number of H-pyrrole nitrogens is 1. The van der Waals surface area contributed by atoms with Gasteiger partial charge in [-0.15, -0.1) is 0 Å². The first kappa shape index (κ1) is 20.7. The average Bonchev–Trinajstić information content (AvgIpc) is 3.43. The molecule has 8 heteroatoms. The van der Waals surface area contributed by atoms with Crippen molar-refractivity contribution < 1.29 is 4.74 Å². The van der Waals surface area contributed by atoms with E-state index in [9.17, 15) is 4.79 Å². The second-order valence-corrected chi connectivity index (χ2v) is 8.14. The summed E-state index contributed by atoms with van der Waals surface area (Å²) < 4.78 is 8.68. The number of ether oxygens (including phenoxy) is 1. The van der Waals surface area contributed by atoms with Crippen molar-refractivity contribution in [3.8, 4) is 23.0 Å². The maximum atomic E-state index is 12.7. The molecule has 0 saturated carbocycles. The van der Waals surface area contributed by atoms with Crippen LogP contribution in [0.1, 0.15) is 30.9 Å². The molecule has 0 aliphatic heterocycles. The van der Waals surface area contributed by atoms with Gasteiger partial charge in [-0.3, -0.25) is 4.57 Å². The highest BCUT2D eigenvalue weighted by Crippen LogP contribution is 2.27. The van der Waals surface area contributed by atoms with E-state index in [1.807, 2.05) is 42.5 Å². The lowest BCUT2D eigenvalue weighted by atomic mass is 9.97. The lowest BCUT2D eigenvalue weighted by Gasteiger charge is -2.11. The van der Waals surface area contributed by atoms with Crippen LogP contribution in [0.15, 0.2) is 71.8 Å². The summed E-state index contributed by atoms with van der Waals surface area (Å²) in [5.41, 5.74) is 4.98. The Kier molecular flexibility index (Phi) is 5.26. The van der Waals surface area contributed by atoms with Crippen LogP contribution in [0.25, 0.3) is 28.2 Å². The highest BCUT2D eigenvalue weighted by molar-refractivity contribution is 5.73. The van der Waals surface area contributed by atoms with E-state index < -0.39 is 0 Å². The largest absolute Gasteiger partial charge is 0.481 e. The van der Waals surface area contributed by atoms with Crippen molar-refractivity contribution in [1.29, 1.82) is 0 Å². The van der Waals surface area contributed by atoms with Gasteiger partial charge in [-0.2, -0.15) is 5.10 Å². The molecule has 3 heterocycles. The SMILES string of the molecule is COc1ccnn1-c1ccc(Cn2c(=O)[nH]c3cnc(-c4ccccc4C(C)C)nc32)cc1. The van der Waals surface area contributed by atoms with Gasteiger partial charge in [0, 0.05) is 11.6 Å².